The first-order valence-electron chi connectivity index (χ1n) is 7.83. The number of pyridine rings is 1. The minimum atomic E-state index is 0.240. The Morgan fingerprint density at radius 2 is 1.96 bits per heavy atom. The smallest absolute Gasteiger partial charge is 0.132 e. The molecular formula is C19H21ClN2S. The molecule has 2 aromatic heterocycles. The summed E-state index contributed by atoms with van der Waals surface area (Å²) >= 11 is 8.26. The molecule has 0 unspecified atom stereocenters. The van der Waals surface area contributed by atoms with Crippen molar-refractivity contribution in [3.63, 3.8) is 0 Å². The van der Waals surface area contributed by atoms with Gasteiger partial charge >= 0.3 is 0 Å². The third kappa shape index (κ3) is 3.42. The van der Waals surface area contributed by atoms with Crippen molar-refractivity contribution in [3.8, 4) is 0 Å². The average Bonchev–Trinajstić information content (AvgIpc) is 2.91. The van der Waals surface area contributed by atoms with Crippen LogP contribution in [0.2, 0.25) is 5.15 Å². The molecule has 0 radical (unpaired) electrons. The zero-order chi connectivity index (χ0) is 16.4. The molecule has 0 spiro atoms. The summed E-state index contributed by atoms with van der Waals surface area (Å²) in [5, 5.41) is 1.95. The van der Waals surface area contributed by atoms with Crippen LogP contribution < -0.4 is 0 Å². The molecule has 0 saturated heterocycles. The zero-order valence-electron chi connectivity index (χ0n) is 13.7. The number of nitrogens with zero attached hydrogens (tertiary/aromatic N) is 2. The number of benzene rings is 1. The molecule has 120 valence electrons. The van der Waals surface area contributed by atoms with Gasteiger partial charge in [-0.25, -0.2) is 4.98 Å². The summed E-state index contributed by atoms with van der Waals surface area (Å²) in [6.07, 6.45) is 2.81. The highest BCUT2D eigenvalue weighted by Gasteiger charge is 2.21. The maximum absolute atomic E-state index is 6.35. The lowest BCUT2D eigenvalue weighted by Crippen LogP contribution is -2.15. The summed E-state index contributed by atoms with van der Waals surface area (Å²) in [6.45, 7) is 3.28. The van der Waals surface area contributed by atoms with E-state index < -0.39 is 0 Å². The summed E-state index contributed by atoms with van der Waals surface area (Å²) in [5.41, 5.74) is 2.51. The van der Waals surface area contributed by atoms with Crippen molar-refractivity contribution in [2.75, 3.05) is 20.6 Å². The molecule has 0 saturated carbocycles. The monoisotopic (exact) mass is 344 g/mol. The molecule has 0 amide bonds. The van der Waals surface area contributed by atoms with Gasteiger partial charge in [-0.1, -0.05) is 42.8 Å². The van der Waals surface area contributed by atoms with Gasteiger partial charge in [-0.2, -0.15) is 0 Å². The number of aromatic nitrogens is 1. The van der Waals surface area contributed by atoms with Crippen LogP contribution in [0.4, 0.5) is 0 Å². The van der Waals surface area contributed by atoms with E-state index in [9.17, 15) is 0 Å². The molecule has 0 bridgehead atoms. The average molecular weight is 345 g/mol. The number of halogens is 1. The second-order valence-corrected chi connectivity index (χ2v) is 7.59. The quantitative estimate of drug-likeness (QED) is 0.591. The molecule has 3 aromatic rings. The highest BCUT2D eigenvalue weighted by atomic mass is 35.5. The third-order valence-corrected chi connectivity index (χ3v) is 5.75. The summed E-state index contributed by atoms with van der Waals surface area (Å²) < 4.78 is 1.35. The van der Waals surface area contributed by atoms with E-state index in [-0.39, 0.29) is 5.92 Å². The van der Waals surface area contributed by atoms with Crippen molar-refractivity contribution in [2.45, 2.75) is 19.3 Å². The van der Waals surface area contributed by atoms with E-state index in [1.807, 2.05) is 17.4 Å². The molecule has 0 aliphatic carbocycles. The lowest BCUT2D eigenvalue weighted by atomic mass is 9.91. The molecule has 1 aromatic carbocycles. The van der Waals surface area contributed by atoms with Gasteiger partial charge in [-0.3, -0.25) is 0 Å². The molecule has 0 aliphatic heterocycles. The number of hydrogen-bond acceptors (Lipinski definition) is 3. The van der Waals surface area contributed by atoms with Crippen LogP contribution >= 0.6 is 22.9 Å². The Morgan fingerprint density at radius 1 is 1.17 bits per heavy atom. The second-order valence-electron chi connectivity index (χ2n) is 6.09. The van der Waals surface area contributed by atoms with Gasteiger partial charge in [-0.15, -0.1) is 11.3 Å². The maximum atomic E-state index is 6.35. The molecule has 4 heteroatoms. The summed E-state index contributed by atoms with van der Waals surface area (Å²) in [4.78, 5) is 7.94. The van der Waals surface area contributed by atoms with E-state index in [0.29, 0.717) is 5.15 Å². The Labute approximate surface area is 146 Å². The number of thiophene rings is 1. The van der Waals surface area contributed by atoms with Gasteiger partial charge in [-0.05, 0) is 49.2 Å². The highest BCUT2D eigenvalue weighted by Crippen LogP contribution is 2.40. The molecule has 0 N–H and O–H groups in total. The van der Waals surface area contributed by atoms with Crippen molar-refractivity contribution in [1.82, 2.24) is 9.88 Å². The molecular weight excluding hydrogens is 324 g/mol. The van der Waals surface area contributed by atoms with Crippen molar-refractivity contribution in [3.05, 3.63) is 63.8 Å². The van der Waals surface area contributed by atoms with E-state index in [1.165, 1.54) is 20.5 Å². The Kier molecular flexibility index (Phi) is 5.00. The summed E-state index contributed by atoms with van der Waals surface area (Å²) in [5.74, 6) is 0.240. The molecule has 3 rings (SSSR count). The molecule has 1 atom stereocenters. The summed E-state index contributed by atoms with van der Waals surface area (Å²) in [6, 6.07) is 12.7. The van der Waals surface area contributed by atoms with Crippen LogP contribution in [0.15, 0.2) is 42.6 Å². The minimum absolute atomic E-state index is 0.240. The van der Waals surface area contributed by atoms with E-state index in [1.54, 1.807) is 6.20 Å². The van der Waals surface area contributed by atoms with Crippen molar-refractivity contribution < 1.29 is 0 Å². The second kappa shape index (κ2) is 7.00. The normalized spacial score (nSPS) is 12.9. The van der Waals surface area contributed by atoms with Crippen LogP contribution in [-0.4, -0.2) is 30.5 Å². The van der Waals surface area contributed by atoms with Crippen molar-refractivity contribution in [2.24, 2.45) is 0 Å². The molecule has 2 nitrogen and oxygen atoms in total. The van der Waals surface area contributed by atoms with Crippen LogP contribution in [-0.2, 0) is 6.42 Å². The van der Waals surface area contributed by atoms with Crippen molar-refractivity contribution in [1.29, 1.82) is 0 Å². The first kappa shape index (κ1) is 16.4. The Bertz CT molecular complexity index is 810. The maximum Gasteiger partial charge on any atom is 0.132 e. The van der Waals surface area contributed by atoms with Gasteiger partial charge in [0, 0.05) is 28.2 Å². The fourth-order valence-corrected chi connectivity index (χ4v) is 4.55. The number of hydrogen-bond donors (Lipinski definition) is 0. The first-order chi connectivity index (χ1) is 11.1. The Hall–Kier alpha value is -1.42. The number of fused-ring (bicyclic) bond motifs is 1. The van der Waals surface area contributed by atoms with Crippen LogP contribution in [0.1, 0.15) is 28.8 Å². The third-order valence-electron chi connectivity index (χ3n) is 4.18. The van der Waals surface area contributed by atoms with Gasteiger partial charge < -0.3 is 4.90 Å². The number of likely N-dealkylation sites (N-methyl/N-ethyl adjacent to an activating group) is 1. The van der Waals surface area contributed by atoms with E-state index in [4.69, 9.17) is 11.6 Å². The predicted molar refractivity (Wildman–Crippen MR) is 101 cm³/mol. The molecule has 0 aliphatic rings. The van der Waals surface area contributed by atoms with Crippen molar-refractivity contribution >= 4 is 33.0 Å². The first-order valence-corrected chi connectivity index (χ1v) is 9.03. The number of rotatable bonds is 5. The van der Waals surface area contributed by atoms with Crippen LogP contribution in [0, 0.1) is 0 Å². The van der Waals surface area contributed by atoms with Gasteiger partial charge in [0.15, 0.2) is 0 Å². The largest absolute Gasteiger partial charge is 0.309 e. The van der Waals surface area contributed by atoms with Gasteiger partial charge in [0.25, 0.3) is 0 Å². The van der Waals surface area contributed by atoms with E-state index >= 15 is 0 Å². The standard InChI is InChI=1S/C19H21ClN2S/c1-13(14-8-6-11-21-19(14)20)18-15-7-4-5-9-16(15)23-17(18)10-12-22(2)3/h4-9,11,13H,10,12H2,1-3H3/t13-/m0/s1. The van der Waals surface area contributed by atoms with Crippen LogP contribution in [0.25, 0.3) is 10.1 Å². The molecule has 2 heterocycles. The SMILES string of the molecule is C[C@@H](c1cccnc1Cl)c1c(CCN(C)C)sc2ccccc12. The van der Waals surface area contributed by atoms with Crippen LogP contribution in [0.5, 0.6) is 0 Å². The van der Waals surface area contributed by atoms with Gasteiger partial charge in [0.2, 0.25) is 0 Å². The lowest BCUT2D eigenvalue weighted by Gasteiger charge is -2.16. The fourth-order valence-electron chi connectivity index (χ4n) is 2.98. The van der Waals surface area contributed by atoms with Gasteiger partial charge in [0.1, 0.15) is 5.15 Å². The Balaban J connectivity index is 2.10. The minimum Gasteiger partial charge on any atom is -0.309 e. The Morgan fingerprint density at radius 3 is 2.70 bits per heavy atom. The predicted octanol–water partition coefficient (Wildman–Crippen LogP) is 5.21. The molecule has 23 heavy (non-hydrogen) atoms. The van der Waals surface area contributed by atoms with E-state index in [2.05, 4.69) is 61.2 Å². The molecule has 0 fully saturated rings. The summed E-state index contributed by atoms with van der Waals surface area (Å²) in [7, 11) is 4.24. The zero-order valence-corrected chi connectivity index (χ0v) is 15.3. The lowest BCUT2D eigenvalue weighted by molar-refractivity contribution is 0.414. The van der Waals surface area contributed by atoms with Crippen LogP contribution in [0.3, 0.4) is 0 Å². The van der Waals surface area contributed by atoms with E-state index in [0.717, 1.165) is 18.5 Å². The fraction of sp³-hybridized carbons (Fsp3) is 0.316. The topological polar surface area (TPSA) is 16.1 Å². The highest BCUT2D eigenvalue weighted by molar-refractivity contribution is 7.19. The van der Waals surface area contributed by atoms with Gasteiger partial charge in [0.05, 0.1) is 0 Å².